The van der Waals surface area contributed by atoms with Gasteiger partial charge in [-0.2, -0.15) is 0 Å². The second-order valence-electron chi connectivity index (χ2n) is 4.14. The molecule has 2 rings (SSSR count). The zero-order chi connectivity index (χ0) is 12.4. The monoisotopic (exact) mass is 232 g/mol. The van der Waals surface area contributed by atoms with E-state index >= 15 is 0 Å². The molecule has 90 valence electrons. The Kier molecular flexibility index (Phi) is 3.18. The highest BCUT2D eigenvalue weighted by atomic mass is 16.5. The van der Waals surface area contributed by atoms with Crippen molar-refractivity contribution >= 4 is 11.5 Å². The fourth-order valence-corrected chi connectivity index (χ4v) is 2.39. The largest absolute Gasteiger partial charge is 0.497 e. The Labute approximate surface area is 101 Å². The molecule has 0 saturated carbocycles. The summed E-state index contributed by atoms with van der Waals surface area (Å²) in [5.74, 6) is -0.0170. The second-order valence-corrected chi connectivity index (χ2v) is 4.14. The molecule has 0 spiro atoms. The van der Waals surface area contributed by atoms with Crippen LogP contribution < -0.4 is 4.74 Å². The fourth-order valence-electron chi connectivity index (χ4n) is 2.39. The van der Waals surface area contributed by atoms with E-state index in [1.807, 2.05) is 25.1 Å². The number of hydrogen-bond donors (Lipinski definition) is 1. The number of rotatable bonds is 3. The average molecular weight is 232 g/mol. The SMILES string of the molecule is CCC1=C(C(=O)O)CCc2ccc(OC)cc21. The molecule has 0 amide bonds. The number of carboxylic acid groups (broad SMARTS) is 1. The number of aliphatic carboxylic acids is 1. The number of allylic oxidation sites excluding steroid dienone is 1. The zero-order valence-electron chi connectivity index (χ0n) is 10.1. The highest BCUT2D eigenvalue weighted by Crippen LogP contribution is 2.35. The first-order chi connectivity index (χ1) is 8.17. The van der Waals surface area contributed by atoms with E-state index in [0.29, 0.717) is 12.0 Å². The molecule has 0 fully saturated rings. The van der Waals surface area contributed by atoms with Gasteiger partial charge in [0.15, 0.2) is 0 Å². The summed E-state index contributed by atoms with van der Waals surface area (Å²) in [4.78, 5) is 11.2. The third-order valence-electron chi connectivity index (χ3n) is 3.26. The summed E-state index contributed by atoms with van der Waals surface area (Å²) < 4.78 is 5.20. The van der Waals surface area contributed by atoms with Gasteiger partial charge in [-0.15, -0.1) is 0 Å². The molecule has 0 aliphatic heterocycles. The van der Waals surface area contributed by atoms with Crippen molar-refractivity contribution in [2.24, 2.45) is 0 Å². The van der Waals surface area contributed by atoms with Gasteiger partial charge in [-0.05, 0) is 48.1 Å². The zero-order valence-corrected chi connectivity index (χ0v) is 10.1. The summed E-state index contributed by atoms with van der Waals surface area (Å²) in [7, 11) is 1.62. The molecule has 0 unspecified atom stereocenters. The van der Waals surface area contributed by atoms with Gasteiger partial charge in [-0.25, -0.2) is 4.79 Å². The molecule has 0 radical (unpaired) electrons. The topological polar surface area (TPSA) is 46.5 Å². The first-order valence-electron chi connectivity index (χ1n) is 5.80. The van der Waals surface area contributed by atoms with E-state index < -0.39 is 5.97 Å². The summed E-state index contributed by atoms with van der Waals surface area (Å²) in [5, 5.41) is 9.20. The molecule has 0 saturated heterocycles. The van der Waals surface area contributed by atoms with Crippen molar-refractivity contribution in [1.29, 1.82) is 0 Å². The molecular weight excluding hydrogens is 216 g/mol. The maximum absolute atomic E-state index is 11.2. The highest BCUT2D eigenvalue weighted by molar-refractivity contribution is 5.97. The van der Waals surface area contributed by atoms with Crippen LogP contribution in [0.15, 0.2) is 23.8 Å². The van der Waals surface area contributed by atoms with Gasteiger partial charge in [0.1, 0.15) is 5.75 Å². The summed E-state index contributed by atoms with van der Waals surface area (Å²) in [5.41, 5.74) is 3.74. The van der Waals surface area contributed by atoms with Crippen LogP contribution >= 0.6 is 0 Å². The Morgan fingerprint density at radius 2 is 2.18 bits per heavy atom. The number of carbonyl (C=O) groups is 1. The molecular formula is C14H16O3. The Balaban J connectivity index is 2.58. The summed E-state index contributed by atoms with van der Waals surface area (Å²) >= 11 is 0. The lowest BCUT2D eigenvalue weighted by molar-refractivity contribution is -0.132. The minimum Gasteiger partial charge on any atom is -0.497 e. The van der Waals surface area contributed by atoms with Gasteiger partial charge in [0, 0.05) is 5.57 Å². The Morgan fingerprint density at radius 1 is 1.41 bits per heavy atom. The molecule has 3 heteroatoms. The molecule has 0 heterocycles. The predicted octanol–water partition coefficient (Wildman–Crippen LogP) is 2.89. The van der Waals surface area contributed by atoms with Crippen molar-refractivity contribution in [2.75, 3.05) is 7.11 Å². The third-order valence-corrected chi connectivity index (χ3v) is 3.26. The van der Waals surface area contributed by atoms with Crippen molar-refractivity contribution in [3.63, 3.8) is 0 Å². The van der Waals surface area contributed by atoms with Crippen LogP contribution in [0.2, 0.25) is 0 Å². The fraction of sp³-hybridized carbons (Fsp3) is 0.357. The first kappa shape index (κ1) is 11.7. The molecule has 1 aromatic rings. The quantitative estimate of drug-likeness (QED) is 0.871. The van der Waals surface area contributed by atoms with Crippen LogP contribution in [-0.2, 0) is 11.2 Å². The Hall–Kier alpha value is -1.77. The van der Waals surface area contributed by atoms with Crippen molar-refractivity contribution in [1.82, 2.24) is 0 Å². The molecule has 3 nitrogen and oxygen atoms in total. The Morgan fingerprint density at radius 3 is 2.76 bits per heavy atom. The smallest absolute Gasteiger partial charge is 0.331 e. The highest BCUT2D eigenvalue weighted by Gasteiger charge is 2.22. The molecule has 0 bridgehead atoms. The average Bonchev–Trinajstić information content (AvgIpc) is 2.36. The molecule has 1 N–H and O–H groups in total. The van der Waals surface area contributed by atoms with E-state index in [9.17, 15) is 9.90 Å². The van der Waals surface area contributed by atoms with Crippen LogP contribution in [-0.4, -0.2) is 18.2 Å². The third kappa shape index (κ3) is 2.05. The van der Waals surface area contributed by atoms with E-state index in [1.54, 1.807) is 7.11 Å². The van der Waals surface area contributed by atoms with Crippen LogP contribution in [0.1, 0.15) is 30.9 Å². The van der Waals surface area contributed by atoms with Gasteiger partial charge in [0.05, 0.1) is 7.11 Å². The minimum absolute atomic E-state index is 0.549. The maximum atomic E-state index is 11.2. The number of carboxylic acids is 1. The number of ether oxygens (including phenoxy) is 1. The predicted molar refractivity (Wildman–Crippen MR) is 66.2 cm³/mol. The number of fused-ring (bicyclic) bond motifs is 1. The van der Waals surface area contributed by atoms with Gasteiger partial charge in [-0.3, -0.25) is 0 Å². The second kappa shape index (κ2) is 4.62. The van der Waals surface area contributed by atoms with E-state index in [2.05, 4.69) is 0 Å². The van der Waals surface area contributed by atoms with Gasteiger partial charge in [0.25, 0.3) is 0 Å². The molecule has 0 atom stereocenters. The molecule has 0 aromatic heterocycles. The Bertz CT molecular complexity index is 486. The van der Waals surface area contributed by atoms with Gasteiger partial charge in [0.2, 0.25) is 0 Å². The van der Waals surface area contributed by atoms with E-state index in [1.165, 1.54) is 5.56 Å². The molecule has 1 aromatic carbocycles. The lowest BCUT2D eigenvalue weighted by atomic mass is 9.84. The maximum Gasteiger partial charge on any atom is 0.331 e. The molecule has 1 aliphatic rings. The van der Waals surface area contributed by atoms with Crippen LogP contribution in [0, 0.1) is 0 Å². The van der Waals surface area contributed by atoms with Crippen molar-refractivity contribution in [2.45, 2.75) is 26.2 Å². The normalized spacial score (nSPS) is 14.5. The minimum atomic E-state index is -0.796. The number of aryl methyl sites for hydroxylation is 1. The van der Waals surface area contributed by atoms with Crippen LogP contribution in [0.3, 0.4) is 0 Å². The van der Waals surface area contributed by atoms with Gasteiger partial charge < -0.3 is 9.84 Å². The lowest BCUT2D eigenvalue weighted by Gasteiger charge is -2.21. The first-order valence-corrected chi connectivity index (χ1v) is 5.80. The lowest BCUT2D eigenvalue weighted by Crippen LogP contribution is -2.11. The molecule has 17 heavy (non-hydrogen) atoms. The number of hydrogen-bond acceptors (Lipinski definition) is 2. The molecule has 1 aliphatic carbocycles. The van der Waals surface area contributed by atoms with Crippen LogP contribution in [0.5, 0.6) is 5.75 Å². The van der Waals surface area contributed by atoms with Crippen LogP contribution in [0.4, 0.5) is 0 Å². The number of benzene rings is 1. The van der Waals surface area contributed by atoms with E-state index in [4.69, 9.17) is 4.74 Å². The summed E-state index contributed by atoms with van der Waals surface area (Å²) in [6, 6.07) is 5.90. The van der Waals surface area contributed by atoms with Gasteiger partial charge in [-0.1, -0.05) is 13.0 Å². The standard InChI is InChI=1S/C14H16O3/c1-3-11-12(14(15)16)7-5-9-4-6-10(17-2)8-13(9)11/h4,6,8H,3,5,7H2,1-2H3,(H,15,16). The summed E-state index contributed by atoms with van der Waals surface area (Å²) in [6.07, 6.45) is 2.16. The van der Waals surface area contributed by atoms with Gasteiger partial charge >= 0.3 is 5.97 Å². The van der Waals surface area contributed by atoms with Crippen LogP contribution in [0.25, 0.3) is 5.57 Å². The summed E-state index contributed by atoms with van der Waals surface area (Å²) in [6.45, 7) is 1.99. The van der Waals surface area contributed by atoms with Crippen molar-refractivity contribution in [3.05, 3.63) is 34.9 Å². The van der Waals surface area contributed by atoms with E-state index in [0.717, 1.165) is 29.7 Å². The number of methoxy groups -OCH3 is 1. The van der Waals surface area contributed by atoms with Crippen molar-refractivity contribution in [3.8, 4) is 5.75 Å². The van der Waals surface area contributed by atoms with Crippen molar-refractivity contribution < 1.29 is 14.6 Å². The van der Waals surface area contributed by atoms with E-state index in [-0.39, 0.29) is 0 Å².